The van der Waals surface area contributed by atoms with Crippen molar-refractivity contribution >= 4 is 11.6 Å². The smallest absolute Gasteiger partial charge is 0.200 e. The second-order valence-corrected chi connectivity index (χ2v) is 7.17. The molecule has 0 bridgehead atoms. The third-order valence-electron chi connectivity index (χ3n) is 5.63. The van der Waals surface area contributed by atoms with Crippen molar-refractivity contribution < 1.29 is 36.2 Å². The first-order valence-electron chi connectivity index (χ1n) is 8.35. The molecule has 2 nitrogen and oxygen atoms in total. The number of halogens is 6. The molecule has 0 aromatic heterocycles. The maximum Gasteiger partial charge on any atom is 0.200 e. The van der Waals surface area contributed by atoms with E-state index in [2.05, 4.69) is 0 Å². The van der Waals surface area contributed by atoms with Crippen molar-refractivity contribution in [1.29, 1.82) is 0 Å². The topological polar surface area (TPSA) is 37.3 Å². The number of allylic oxidation sites excluding steroid dienone is 2. The van der Waals surface area contributed by atoms with Gasteiger partial charge in [0.25, 0.3) is 0 Å². The van der Waals surface area contributed by atoms with Crippen molar-refractivity contribution in [2.75, 3.05) is 0 Å². The number of carbonyl (C=O) groups is 1. The van der Waals surface area contributed by atoms with Crippen LogP contribution in [0.3, 0.4) is 0 Å². The molecule has 0 heterocycles. The molecule has 2 aliphatic carbocycles. The molecule has 0 unspecified atom stereocenters. The van der Waals surface area contributed by atoms with Crippen LogP contribution in [-0.2, 0) is 4.79 Å². The zero-order chi connectivity index (χ0) is 20.3. The lowest BCUT2D eigenvalue weighted by Crippen LogP contribution is -2.42. The first-order chi connectivity index (χ1) is 12.5. The quantitative estimate of drug-likeness (QED) is 0.320. The Morgan fingerprint density at radius 3 is 2.11 bits per heavy atom. The van der Waals surface area contributed by atoms with Crippen LogP contribution in [0.15, 0.2) is 16.7 Å². The molecule has 146 valence electrons. The molecular formula is C19H16F6O2. The van der Waals surface area contributed by atoms with E-state index in [0.29, 0.717) is 24.8 Å². The lowest BCUT2D eigenvalue weighted by Gasteiger charge is -2.45. The van der Waals surface area contributed by atoms with Gasteiger partial charge in [-0.05, 0) is 38.2 Å². The number of hydrogen-bond donors (Lipinski definition) is 1. The molecule has 0 amide bonds. The number of benzene rings is 1. The van der Waals surface area contributed by atoms with Crippen LogP contribution in [0.25, 0.3) is 5.83 Å². The molecule has 1 N–H and O–H groups in total. The van der Waals surface area contributed by atoms with Crippen LogP contribution in [-0.4, -0.2) is 17.0 Å². The Morgan fingerprint density at radius 1 is 1.04 bits per heavy atom. The van der Waals surface area contributed by atoms with E-state index < -0.39 is 69.8 Å². The average molecular weight is 390 g/mol. The van der Waals surface area contributed by atoms with Gasteiger partial charge in [-0.1, -0.05) is 12.5 Å². The first-order valence-corrected chi connectivity index (χ1v) is 8.35. The van der Waals surface area contributed by atoms with Gasteiger partial charge in [0.2, 0.25) is 5.82 Å². The minimum atomic E-state index is -2.41. The Bertz CT molecular complexity index is 888. The predicted octanol–water partition coefficient (Wildman–Crippen LogP) is 4.90. The Labute approximate surface area is 151 Å². The van der Waals surface area contributed by atoms with Gasteiger partial charge in [0, 0.05) is 11.0 Å². The van der Waals surface area contributed by atoms with Crippen molar-refractivity contribution in [3.05, 3.63) is 51.4 Å². The maximum absolute atomic E-state index is 14.9. The minimum absolute atomic E-state index is 0.122. The fraction of sp³-hybridized carbons (Fsp3) is 0.421. The van der Waals surface area contributed by atoms with Gasteiger partial charge in [0.1, 0.15) is 5.83 Å². The van der Waals surface area contributed by atoms with Crippen LogP contribution in [0, 0.1) is 34.5 Å². The van der Waals surface area contributed by atoms with Crippen molar-refractivity contribution in [3.8, 4) is 0 Å². The summed E-state index contributed by atoms with van der Waals surface area (Å²) in [7, 11) is 0. The van der Waals surface area contributed by atoms with E-state index in [9.17, 15) is 36.2 Å². The summed E-state index contributed by atoms with van der Waals surface area (Å²) in [6.07, 6.45) is 0.186. The van der Waals surface area contributed by atoms with Crippen LogP contribution in [0.5, 0.6) is 0 Å². The van der Waals surface area contributed by atoms with Crippen LogP contribution in [0.1, 0.15) is 45.1 Å². The van der Waals surface area contributed by atoms with Gasteiger partial charge < -0.3 is 5.11 Å². The molecule has 1 aromatic rings. The monoisotopic (exact) mass is 390 g/mol. The van der Waals surface area contributed by atoms with Gasteiger partial charge in [0.15, 0.2) is 29.1 Å². The molecule has 8 heteroatoms. The summed E-state index contributed by atoms with van der Waals surface area (Å²) in [6.45, 7) is 2.99. The summed E-state index contributed by atoms with van der Waals surface area (Å²) in [5, 5.41) is 10.4. The minimum Gasteiger partial charge on any atom is -0.392 e. The Kier molecular flexibility index (Phi) is 4.74. The first kappa shape index (κ1) is 19.7. The highest BCUT2D eigenvalue weighted by Crippen LogP contribution is 2.51. The molecule has 0 spiro atoms. The molecule has 2 atom stereocenters. The fourth-order valence-electron chi connectivity index (χ4n) is 4.05. The van der Waals surface area contributed by atoms with E-state index in [1.54, 1.807) is 6.92 Å². The molecule has 0 radical (unpaired) electrons. The van der Waals surface area contributed by atoms with Gasteiger partial charge in [-0.2, -0.15) is 0 Å². The van der Waals surface area contributed by atoms with E-state index in [1.165, 1.54) is 6.92 Å². The van der Waals surface area contributed by atoms with E-state index in [-0.39, 0.29) is 5.57 Å². The molecule has 1 saturated carbocycles. The summed E-state index contributed by atoms with van der Waals surface area (Å²) in [5.74, 6) is -14.3. The second-order valence-electron chi connectivity index (χ2n) is 7.17. The number of hydrogen-bond acceptors (Lipinski definition) is 2. The summed E-state index contributed by atoms with van der Waals surface area (Å²) in [6, 6.07) is 0. The zero-order valence-corrected chi connectivity index (χ0v) is 14.5. The van der Waals surface area contributed by atoms with Crippen LogP contribution in [0.4, 0.5) is 26.3 Å². The van der Waals surface area contributed by atoms with Gasteiger partial charge in [-0.15, -0.1) is 0 Å². The highest BCUT2D eigenvalue weighted by atomic mass is 19.2. The maximum atomic E-state index is 14.9. The van der Waals surface area contributed by atoms with Crippen molar-refractivity contribution in [3.63, 3.8) is 0 Å². The van der Waals surface area contributed by atoms with Crippen molar-refractivity contribution in [2.24, 2.45) is 5.41 Å². The number of Topliss-reactive ketones (excluding diaryl/α,β-unsaturated/α-hetero) is 1. The lowest BCUT2D eigenvalue weighted by molar-refractivity contribution is -0.113. The number of aliphatic hydroxyl groups excluding tert-OH is 1. The van der Waals surface area contributed by atoms with Crippen LogP contribution in [0.2, 0.25) is 0 Å². The molecular weight excluding hydrogens is 374 g/mol. The third kappa shape index (κ3) is 2.72. The van der Waals surface area contributed by atoms with Gasteiger partial charge in [0.05, 0.1) is 11.7 Å². The Hall–Kier alpha value is -2.09. The standard InChI is InChI=1S/C19H16F6O2/c1-7-9-4-3-5-10(26)19(9,2)6-8(18(7)27)12(20)11-13(21)15(23)17(25)16(24)14(11)22/h10,26H,3-6H2,1-2H3/b12-8+/t10-,19+/m1/s1. The zero-order valence-electron chi connectivity index (χ0n) is 14.5. The molecule has 2 aliphatic rings. The second kappa shape index (κ2) is 6.51. The number of rotatable bonds is 1. The molecule has 0 aliphatic heterocycles. The summed E-state index contributed by atoms with van der Waals surface area (Å²) >= 11 is 0. The average Bonchev–Trinajstić information content (AvgIpc) is 2.63. The molecule has 27 heavy (non-hydrogen) atoms. The normalized spacial score (nSPS) is 27.7. The van der Waals surface area contributed by atoms with Crippen LogP contribution < -0.4 is 0 Å². The van der Waals surface area contributed by atoms with E-state index in [0.717, 1.165) is 0 Å². The third-order valence-corrected chi connectivity index (χ3v) is 5.63. The number of ketones is 1. The summed E-state index contributed by atoms with van der Waals surface area (Å²) < 4.78 is 82.9. The Balaban J connectivity index is 2.26. The van der Waals surface area contributed by atoms with E-state index in [4.69, 9.17) is 0 Å². The highest BCUT2D eigenvalue weighted by Gasteiger charge is 2.47. The Morgan fingerprint density at radius 2 is 1.56 bits per heavy atom. The number of aliphatic hydroxyl groups is 1. The van der Waals surface area contributed by atoms with E-state index in [1.807, 2.05) is 0 Å². The highest BCUT2D eigenvalue weighted by molar-refractivity contribution is 6.13. The largest absolute Gasteiger partial charge is 0.392 e. The van der Waals surface area contributed by atoms with Gasteiger partial charge >= 0.3 is 0 Å². The van der Waals surface area contributed by atoms with Crippen molar-refractivity contribution in [2.45, 2.75) is 45.6 Å². The van der Waals surface area contributed by atoms with Crippen molar-refractivity contribution in [1.82, 2.24) is 0 Å². The summed E-state index contributed by atoms with van der Waals surface area (Å²) in [4.78, 5) is 12.6. The molecule has 1 fully saturated rings. The molecule has 1 aromatic carbocycles. The molecule has 3 rings (SSSR count). The lowest BCUT2D eigenvalue weighted by atomic mass is 9.61. The van der Waals surface area contributed by atoms with Crippen LogP contribution >= 0.6 is 0 Å². The SMILES string of the molecule is CC1=C2CCC[C@@H](O)[C@@]2(C)C/C(=C(\F)c2c(F)c(F)c(F)c(F)c2F)C1=O. The fourth-order valence-corrected chi connectivity index (χ4v) is 4.05. The number of carbonyl (C=O) groups excluding carboxylic acids is 1. The predicted molar refractivity (Wildman–Crippen MR) is 84.5 cm³/mol. The number of fused-ring (bicyclic) bond motifs is 1. The van der Waals surface area contributed by atoms with Gasteiger partial charge in [-0.3, -0.25) is 4.79 Å². The van der Waals surface area contributed by atoms with E-state index >= 15 is 0 Å². The molecule has 0 saturated heterocycles. The van der Waals surface area contributed by atoms with Gasteiger partial charge in [-0.25, -0.2) is 26.3 Å². The summed E-state index contributed by atoms with van der Waals surface area (Å²) in [5.41, 5.74) is -2.77.